The maximum atomic E-state index is 13.3. The summed E-state index contributed by atoms with van der Waals surface area (Å²) in [5, 5.41) is 15.8. The maximum absolute atomic E-state index is 13.3. The quantitative estimate of drug-likeness (QED) is 0.413. The lowest BCUT2D eigenvalue weighted by atomic mass is 9.71. The van der Waals surface area contributed by atoms with Gasteiger partial charge in [0, 0.05) is 22.7 Å². The van der Waals surface area contributed by atoms with Crippen LogP contribution in [0, 0.1) is 27.9 Å². The number of anilines is 1. The van der Waals surface area contributed by atoms with Gasteiger partial charge in [0.05, 0.1) is 40.2 Å². The van der Waals surface area contributed by atoms with E-state index in [0.29, 0.717) is 22.0 Å². The van der Waals surface area contributed by atoms with Gasteiger partial charge in [-0.25, -0.2) is 4.90 Å². The summed E-state index contributed by atoms with van der Waals surface area (Å²) in [6.07, 6.45) is -1.70. The van der Waals surface area contributed by atoms with E-state index in [1.807, 2.05) is 0 Å². The van der Waals surface area contributed by atoms with Gasteiger partial charge in [0.1, 0.15) is 6.10 Å². The van der Waals surface area contributed by atoms with Crippen molar-refractivity contribution in [2.24, 2.45) is 22.9 Å². The van der Waals surface area contributed by atoms with Crippen molar-refractivity contribution in [2.75, 3.05) is 4.90 Å². The van der Waals surface area contributed by atoms with Crippen LogP contribution in [0.4, 0.5) is 11.4 Å². The molecule has 9 nitrogen and oxygen atoms in total. The molecule has 0 spiro atoms. The Morgan fingerprint density at radius 3 is 2.39 bits per heavy atom. The summed E-state index contributed by atoms with van der Waals surface area (Å²) in [4.78, 5) is 43.9. The number of benzene rings is 2. The van der Waals surface area contributed by atoms with E-state index in [1.54, 1.807) is 36.4 Å². The largest absolute Gasteiger partial charge is 0.389 e. The molecule has 4 aliphatic rings. The molecule has 2 aromatic carbocycles. The first-order valence-corrected chi connectivity index (χ1v) is 10.1. The highest BCUT2D eigenvalue weighted by molar-refractivity contribution is 6.31. The molecule has 4 aliphatic heterocycles. The number of rotatable bonds is 3. The number of halogens is 1. The van der Waals surface area contributed by atoms with Crippen molar-refractivity contribution in [3.05, 3.63) is 69.2 Å². The molecule has 2 amide bonds. The monoisotopic (exact) mass is 439 g/mol. The number of fused-ring (bicyclic) bond motifs is 8. The first-order chi connectivity index (χ1) is 15.0. The minimum Gasteiger partial charge on any atom is -0.389 e. The smallest absolute Gasteiger partial charge is 0.270 e. The van der Waals surface area contributed by atoms with Crippen LogP contribution >= 0.6 is 11.6 Å². The number of hydrogen-bond donors (Lipinski definition) is 0. The van der Waals surface area contributed by atoms with Crippen LogP contribution in [0.1, 0.15) is 5.56 Å². The topological polar surface area (TPSA) is 111 Å². The van der Waals surface area contributed by atoms with Gasteiger partial charge in [-0.15, -0.1) is 0 Å². The summed E-state index contributed by atoms with van der Waals surface area (Å²) >= 11 is 5.93. The second-order valence-corrected chi connectivity index (χ2v) is 8.42. The average Bonchev–Trinajstić information content (AvgIpc) is 3.49. The third-order valence-electron chi connectivity index (χ3n) is 6.48. The van der Waals surface area contributed by atoms with Gasteiger partial charge in [-0.2, -0.15) is 0 Å². The summed E-state index contributed by atoms with van der Waals surface area (Å²) in [6.45, 7) is 0. The van der Waals surface area contributed by atoms with E-state index in [9.17, 15) is 19.7 Å². The minimum absolute atomic E-state index is 0.0633. The lowest BCUT2D eigenvalue weighted by Crippen LogP contribution is -2.45. The summed E-state index contributed by atoms with van der Waals surface area (Å²) in [6, 6.07) is 12.6. The Bertz CT molecular complexity index is 1180. The molecule has 156 valence electrons. The first-order valence-electron chi connectivity index (χ1n) is 9.73. The molecular formula is C21H14ClN3O6. The van der Waals surface area contributed by atoms with Gasteiger partial charge in [-0.3, -0.25) is 19.7 Å². The number of ether oxygens (including phenoxy) is 1. The van der Waals surface area contributed by atoms with Crippen LogP contribution in [0.25, 0.3) is 0 Å². The van der Waals surface area contributed by atoms with Crippen molar-refractivity contribution in [3.63, 3.8) is 0 Å². The maximum Gasteiger partial charge on any atom is 0.270 e. The molecular weight excluding hydrogens is 426 g/mol. The first kappa shape index (κ1) is 18.5. The number of hydrogen-bond acceptors (Lipinski definition) is 7. The molecule has 6 rings (SSSR count). The molecule has 0 radical (unpaired) electrons. The number of imide groups is 1. The van der Waals surface area contributed by atoms with Gasteiger partial charge in [0.25, 0.3) is 5.69 Å². The molecule has 0 unspecified atom stereocenters. The van der Waals surface area contributed by atoms with Crippen LogP contribution < -0.4 is 4.90 Å². The van der Waals surface area contributed by atoms with Crippen molar-refractivity contribution in [3.8, 4) is 0 Å². The minimum atomic E-state index is -0.653. The zero-order valence-electron chi connectivity index (χ0n) is 15.8. The lowest BCUT2D eigenvalue weighted by molar-refractivity contribution is -0.384. The van der Waals surface area contributed by atoms with E-state index in [4.69, 9.17) is 21.2 Å². The fraction of sp³-hybridized carbons (Fsp3) is 0.286. The van der Waals surface area contributed by atoms with Crippen LogP contribution in [0.3, 0.4) is 0 Å². The molecule has 0 aromatic heterocycles. The lowest BCUT2D eigenvalue weighted by Gasteiger charge is -2.26. The summed E-state index contributed by atoms with van der Waals surface area (Å²) in [5.41, 5.74) is 1.45. The van der Waals surface area contributed by atoms with Crippen LogP contribution in [-0.2, 0) is 19.2 Å². The Morgan fingerprint density at radius 2 is 1.68 bits per heavy atom. The number of oxime groups is 1. The van der Waals surface area contributed by atoms with Gasteiger partial charge in [0.2, 0.25) is 11.8 Å². The Morgan fingerprint density at radius 1 is 0.968 bits per heavy atom. The fourth-order valence-electron chi connectivity index (χ4n) is 5.22. The van der Waals surface area contributed by atoms with Gasteiger partial charge < -0.3 is 9.57 Å². The van der Waals surface area contributed by atoms with Crippen molar-refractivity contribution in [1.82, 2.24) is 0 Å². The average molecular weight is 440 g/mol. The molecule has 0 saturated carbocycles. The number of amides is 2. The number of nitro benzene ring substituents is 1. The predicted octanol–water partition coefficient (Wildman–Crippen LogP) is 2.55. The summed E-state index contributed by atoms with van der Waals surface area (Å²) < 4.78 is 6.05. The number of non-ortho nitro benzene ring substituents is 1. The molecule has 6 atom stereocenters. The highest BCUT2D eigenvalue weighted by Gasteiger charge is 2.72. The summed E-state index contributed by atoms with van der Waals surface area (Å²) in [7, 11) is 0. The Balaban J connectivity index is 1.34. The molecule has 2 aromatic rings. The highest BCUT2D eigenvalue weighted by atomic mass is 35.5. The molecule has 0 N–H and O–H groups in total. The van der Waals surface area contributed by atoms with Crippen molar-refractivity contribution >= 4 is 40.5 Å². The van der Waals surface area contributed by atoms with E-state index in [1.165, 1.54) is 17.0 Å². The van der Waals surface area contributed by atoms with Crippen molar-refractivity contribution < 1.29 is 24.1 Å². The second kappa shape index (κ2) is 6.35. The van der Waals surface area contributed by atoms with Gasteiger partial charge in [-0.05, 0) is 24.3 Å². The highest BCUT2D eigenvalue weighted by Crippen LogP contribution is 2.55. The fourth-order valence-corrected chi connectivity index (χ4v) is 5.35. The molecule has 3 saturated heterocycles. The molecule has 10 heteroatoms. The Hall–Kier alpha value is -3.30. The standard InChI is InChI=1S/C21H14ClN3O6/c22-10-4-6-11(7-5-10)24-20(26)13-14(21(24)27)18-19-15(17(13)30-18)16(23-31-19)9-2-1-3-12(8-9)25(28)29/h1-8,13-15,17-19H/t13-,14-,15+,17-,18-,19-/m0/s1. The predicted molar refractivity (Wildman–Crippen MR) is 108 cm³/mol. The van der Waals surface area contributed by atoms with E-state index in [-0.39, 0.29) is 23.4 Å². The summed E-state index contributed by atoms with van der Waals surface area (Å²) in [5.74, 6) is -2.33. The SMILES string of the molecule is O=C1[C@@H]2[C@@H]3O[C@H]([C@H]4C(c5cccc([N+](=O)[O-])c5)=NO[C@H]34)[C@H]2C(=O)N1c1ccc(Cl)cc1. The van der Waals surface area contributed by atoms with E-state index in [2.05, 4.69) is 5.16 Å². The second-order valence-electron chi connectivity index (χ2n) is 7.98. The Labute approximate surface area is 180 Å². The van der Waals surface area contributed by atoms with Crippen LogP contribution in [0.2, 0.25) is 5.02 Å². The number of nitro groups is 1. The van der Waals surface area contributed by atoms with Crippen LogP contribution in [0.5, 0.6) is 0 Å². The third-order valence-corrected chi connectivity index (χ3v) is 6.73. The number of nitrogens with zero attached hydrogens (tertiary/aromatic N) is 3. The zero-order chi connectivity index (χ0) is 21.4. The van der Waals surface area contributed by atoms with Crippen LogP contribution in [0.15, 0.2) is 53.7 Å². The zero-order valence-corrected chi connectivity index (χ0v) is 16.5. The molecule has 4 heterocycles. The van der Waals surface area contributed by atoms with Crippen molar-refractivity contribution in [2.45, 2.75) is 18.3 Å². The molecule has 3 fully saturated rings. The number of carbonyl (C=O) groups is 2. The molecule has 2 bridgehead atoms. The third kappa shape index (κ3) is 2.44. The van der Waals surface area contributed by atoms with E-state index >= 15 is 0 Å². The van der Waals surface area contributed by atoms with E-state index < -0.39 is 35.1 Å². The normalized spacial score (nSPS) is 32.7. The molecule has 31 heavy (non-hydrogen) atoms. The molecule has 0 aliphatic carbocycles. The van der Waals surface area contributed by atoms with Crippen molar-refractivity contribution in [1.29, 1.82) is 0 Å². The Kier molecular flexibility index (Phi) is 3.78. The van der Waals surface area contributed by atoms with E-state index in [0.717, 1.165) is 0 Å². The van der Waals surface area contributed by atoms with Gasteiger partial charge >= 0.3 is 0 Å². The number of carbonyl (C=O) groups excluding carboxylic acids is 2. The van der Waals surface area contributed by atoms with Gasteiger partial charge in [0.15, 0.2) is 6.10 Å². The van der Waals surface area contributed by atoms with Gasteiger partial charge in [-0.1, -0.05) is 28.9 Å². The van der Waals surface area contributed by atoms with Crippen LogP contribution in [-0.4, -0.2) is 40.8 Å².